The second-order valence-corrected chi connectivity index (χ2v) is 14.3. The van der Waals surface area contributed by atoms with Crippen molar-refractivity contribution in [1.82, 2.24) is 24.2 Å². The molecule has 6 rings (SSSR count). The average molecular weight is 712 g/mol. The summed E-state index contributed by atoms with van der Waals surface area (Å²) in [5.74, 6) is 0.729. The monoisotopic (exact) mass is 711 g/mol. The number of allylic oxidation sites excluding steroid dienone is 5. The number of benzene rings is 2. The average Bonchev–Trinajstić information content (AvgIpc) is 3.78. The zero-order chi connectivity index (χ0) is 37.9. The van der Waals surface area contributed by atoms with Crippen molar-refractivity contribution in [2.45, 2.75) is 47.0 Å². The number of fused-ring (bicyclic) bond motifs is 1. The summed E-state index contributed by atoms with van der Waals surface area (Å²) in [6, 6.07) is 23.5. The molecule has 10 nitrogen and oxygen atoms in total. The van der Waals surface area contributed by atoms with E-state index in [4.69, 9.17) is 19.1 Å². The predicted molar refractivity (Wildman–Crippen MR) is 204 cm³/mol. The molecule has 1 aliphatic rings. The number of amides is 2. The van der Waals surface area contributed by atoms with Gasteiger partial charge in [0.25, 0.3) is 0 Å². The number of carbonyl (C=O) groups is 3. The molecule has 5 aromatic rings. The van der Waals surface area contributed by atoms with Crippen LogP contribution in [0.4, 0.5) is 4.79 Å². The van der Waals surface area contributed by atoms with Crippen molar-refractivity contribution in [3.63, 3.8) is 0 Å². The van der Waals surface area contributed by atoms with Crippen LogP contribution in [0.15, 0.2) is 125 Å². The molecule has 0 radical (unpaired) electrons. The van der Waals surface area contributed by atoms with E-state index >= 15 is 0 Å². The highest BCUT2D eigenvalue weighted by Crippen LogP contribution is 2.39. The Hall–Kier alpha value is -6.03. The molecule has 1 aliphatic carbocycles. The molecule has 0 N–H and O–H groups in total. The molecular weight excluding hydrogens is 667 g/mol. The summed E-state index contributed by atoms with van der Waals surface area (Å²) >= 11 is 0. The Morgan fingerprint density at radius 3 is 2.25 bits per heavy atom. The summed E-state index contributed by atoms with van der Waals surface area (Å²) in [6.07, 6.45) is 5.55. The standard InChI is InChI=1S/C43H45N5O5/c1-28-23-29(2)39(50)38(30(28)3)43(4,5)26-37(49)46(6)20-21-47(7)42(51)53-41-35(25-33-19-14-22-52-33)45-40-34(24-31-15-10-8-11-16-31)44-36(27-48(40)41)32-17-12-9-13-18-32/h8-19,22-23,27H,1,20-21,24-26H2,2-7H3. The Bertz CT molecular complexity index is 2230. The van der Waals surface area contributed by atoms with Crippen LogP contribution in [-0.2, 0) is 22.4 Å². The van der Waals surface area contributed by atoms with Gasteiger partial charge in [0.05, 0.1) is 24.1 Å². The number of rotatable bonds is 12. The quantitative estimate of drug-likeness (QED) is 0.130. The minimum Gasteiger partial charge on any atom is -0.469 e. The fraction of sp³-hybridized carbons (Fsp3) is 0.279. The van der Waals surface area contributed by atoms with Crippen molar-refractivity contribution >= 4 is 23.4 Å². The van der Waals surface area contributed by atoms with Gasteiger partial charge in [-0.25, -0.2) is 14.8 Å². The highest BCUT2D eigenvalue weighted by Gasteiger charge is 2.36. The Kier molecular flexibility index (Phi) is 10.6. The first-order valence-corrected chi connectivity index (χ1v) is 17.7. The summed E-state index contributed by atoms with van der Waals surface area (Å²) in [6.45, 7) is 12.0. The van der Waals surface area contributed by atoms with E-state index in [1.807, 2.05) is 93.7 Å². The van der Waals surface area contributed by atoms with Gasteiger partial charge in [0.1, 0.15) is 11.5 Å². The fourth-order valence-electron chi connectivity index (χ4n) is 6.65. The number of imidazole rings is 1. The summed E-state index contributed by atoms with van der Waals surface area (Å²) in [4.78, 5) is 53.4. The van der Waals surface area contributed by atoms with Gasteiger partial charge in [-0.2, -0.15) is 0 Å². The first kappa shape index (κ1) is 36.8. The lowest BCUT2D eigenvalue weighted by molar-refractivity contribution is -0.131. The SMILES string of the molecule is C=C1C=C(C)C(=O)C(C(C)(C)CC(=O)N(C)CCN(C)C(=O)Oc2c(Cc3ccco3)nc3c(Cc4ccccc4)nc(-c4ccccc4)cn23)=C1C. The van der Waals surface area contributed by atoms with E-state index in [9.17, 15) is 14.4 Å². The van der Waals surface area contributed by atoms with Gasteiger partial charge < -0.3 is 19.0 Å². The predicted octanol–water partition coefficient (Wildman–Crippen LogP) is 7.88. The molecule has 0 aliphatic heterocycles. The summed E-state index contributed by atoms with van der Waals surface area (Å²) < 4.78 is 13.6. The van der Waals surface area contributed by atoms with Crippen LogP contribution in [-0.4, -0.2) is 69.1 Å². The second kappa shape index (κ2) is 15.3. The van der Waals surface area contributed by atoms with Crippen molar-refractivity contribution in [1.29, 1.82) is 0 Å². The number of Topliss-reactive ketones (excluding diaryl/α,β-unsaturated/α-hetero) is 1. The molecule has 0 unspecified atom stereocenters. The first-order chi connectivity index (χ1) is 25.3. The van der Waals surface area contributed by atoms with E-state index in [0.717, 1.165) is 28.0 Å². The van der Waals surface area contributed by atoms with Crippen molar-refractivity contribution in [2.75, 3.05) is 27.2 Å². The largest absolute Gasteiger partial charge is 0.469 e. The lowest BCUT2D eigenvalue weighted by Crippen LogP contribution is -2.40. The molecule has 0 spiro atoms. The molecule has 2 aromatic carbocycles. The Morgan fingerprint density at radius 2 is 1.57 bits per heavy atom. The molecule has 0 fully saturated rings. The van der Waals surface area contributed by atoms with Crippen LogP contribution in [0.5, 0.6) is 5.88 Å². The van der Waals surface area contributed by atoms with Crippen LogP contribution in [0.1, 0.15) is 56.8 Å². The van der Waals surface area contributed by atoms with Crippen molar-refractivity contribution in [2.24, 2.45) is 5.41 Å². The van der Waals surface area contributed by atoms with Crippen LogP contribution < -0.4 is 4.74 Å². The summed E-state index contributed by atoms with van der Waals surface area (Å²) in [5.41, 5.74) is 6.61. The normalized spacial score (nSPS) is 13.4. The van der Waals surface area contributed by atoms with Gasteiger partial charge in [-0.15, -0.1) is 0 Å². The maximum Gasteiger partial charge on any atom is 0.416 e. The van der Waals surface area contributed by atoms with Crippen LogP contribution >= 0.6 is 0 Å². The summed E-state index contributed by atoms with van der Waals surface area (Å²) in [5, 5.41) is 0. The Labute approximate surface area is 310 Å². The third kappa shape index (κ3) is 8.07. The van der Waals surface area contributed by atoms with Gasteiger partial charge in [-0.05, 0) is 54.3 Å². The number of nitrogens with zero attached hydrogens (tertiary/aromatic N) is 5. The van der Waals surface area contributed by atoms with Gasteiger partial charge in [0.15, 0.2) is 11.4 Å². The maximum atomic E-state index is 13.8. The lowest BCUT2D eigenvalue weighted by Gasteiger charge is -2.33. The number of ether oxygens (including phenoxy) is 1. The highest BCUT2D eigenvalue weighted by molar-refractivity contribution is 6.11. The number of hydrogen-bond acceptors (Lipinski definition) is 7. The Balaban J connectivity index is 1.24. The van der Waals surface area contributed by atoms with Gasteiger partial charge in [-0.1, -0.05) is 81.1 Å². The number of likely N-dealkylation sites (N-methyl/N-ethyl adjacent to an activating group) is 2. The molecule has 10 heteroatoms. The minimum atomic E-state index is -0.712. The molecule has 3 heterocycles. The van der Waals surface area contributed by atoms with Gasteiger partial charge >= 0.3 is 6.09 Å². The van der Waals surface area contributed by atoms with Crippen molar-refractivity contribution in [3.05, 3.63) is 143 Å². The topological polar surface area (TPSA) is 110 Å². The smallest absolute Gasteiger partial charge is 0.416 e. The molecule has 2 amide bonds. The zero-order valence-corrected chi connectivity index (χ0v) is 31.2. The number of furan rings is 1. The zero-order valence-electron chi connectivity index (χ0n) is 31.2. The van der Waals surface area contributed by atoms with E-state index in [1.54, 1.807) is 48.7 Å². The number of hydrogen-bond donors (Lipinski definition) is 0. The minimum absolute atomic E-state index is 0.0597. The Morgan fingerprint density at radius 1 is 0.887 bits per heavy atom. The van der Waals surface area contributed by atoms with Crippen LogP contribution in [0.25, 0.3) is 16.9 Å². The molecule has 0 saturated heterocycles. The van der Waals surface area contributed by atoms with Gasteiger partial charge in [-0.3, -0.25) is 14.0 Å². The van der Waals surface area contributed by atoms with E-state index in [1.165, 1.54) is 4.90 Å². The second-order valence-electron chi connectivity index (χ2n) is 14.3. The molecule has 53 heavy (non-hydrogen) atoms. The van der Waals surface area contributed by atoms with Crippen LogP contribution in [0.3, 0.4) is 0 Å². The number of carbonyl (C=O) groups excluding carboxylic acids is 3. The molecule has 3 aromatic heterocycles. The maximum absolute atomic E-state index is 13.8. The molecule has 0 bridgehead atoms. The van der Waals surface area contributed by atoms with E-state index < -0.39 is 11.5 Å². The summed E-state index contributed by atoms with van der Waals surface area (Å²) in [7, 11) is 3.33. The van der Waals surface area contributed by atoms with Gasteiger partial charge in [0, 0.05) is 62.8 Å². The molecular formula is C43H45N5O5. The van der Waals surface area contributed by atoms with Crippen LogP contribution in [0, 0.1) is 5.41 Å². The first-order valence-electron chi connectivity index (χ1n) is 17.7. The van der Waals surface area contributed by atoms with E-state index in [2.05, 4.69) is 6.58 Å². The fourth-order valence-corrected chi connectivity index (χ4v) is 6.65. The molecule has 0 saturated carbocycles. The van der Waals surface area contributed by atoms with Crippen molar-refractivity contribution < 1.29 is 23.5 Å². The van der Waals surface area contributed by atoms with E-state index in [-0.39, 0.29) is 37.1 Å². The molecule has 272 valence electrons. The van der Waals surface area contributed by atoms with Crippen LogP contribution in [0.2, 0.25) is 0 Å². The number of ketones is 1. The third-order valence-corrected chi connectivity index (χ3v) is 9.70. The van der Waals surface area contributed by atoms with Crippen molar-refractivity contribution in [3.8, 4) is 17.1 Å². The van der Waals surface area contributed by atoms with E-state index in [0.29, 0.717) is 46.8 Å². The molecule has 0 atom stereocenters. The lowest BCUT2D eigenvalue weighted by atomic mass is 9.72. The third-order valence-electron chi connectivity index (χ3n) is 9.70. The van der Waals surface area contributed by atoms with Gasteiger partial charge in [0.2, 0.25) is 11.8 Å². The number of aromatic nitrogens is 3. The highest BCUT2D eigenvalue weighted by atomic mass is 16.6.